The molecule has 2 rings (SSSR count). The molecule has 0 amide bonds. The van der Waals surface area contributed by atoms with Crippen molar-refractivity contribution in [2.45, 2.75) is 31.8 Å². The van der Waals surface area contributed by atoms with Crippen LogP contribution in [0.25, 0.3) is 0 Å². The highest BCUT2D eigenvalue weighted by Gasteiger charge is 2.21. The van der Waals surface area contributed by atoms with Gasteiger partial charge in [-0.15, -0.1) is 0 Å². The van der Waals surface area contributed by atoms with Crippen LogP contribution in [0.15, 0.2) is 24.3 Å². The van der Waals surface area contributed by atoms with Gasteiger partial charge in [-0.3, -0.25) is 0 Å². The first kappa shape index (κ1) is 13.9. The molecule has 2 nitrogen and oxygen atoms in total. The van der Waals surface area contributed by atoms with Crippen LogP contribution in [0.4, 0.5) is 0 Å². The summed E-state index contributed by atoms with van der Waals surface area (Å²) in [6.45, 7) is 1.95. The van der Waals surface area contributed by atoms with Crippen molar-refractivity contribution in [2.75, 3.05) is 20.2 Å². The van der Waals surface area contributed by atoms with Gasteiger partial charge >= 0.3 is 0 Å². The molecule has 1 fully saturated rings. The van der Waals surface area contributed by atoms with Gasteiger partial charge in [0.1, 0.15) is 0 Å². The number of hydrogen-bond acceptors (Lipinski definition) is 2. The average Bonchev–Trinajstić information content (AvgIpc) is 2.85. The zero-order valence-electron chi connectivity index (χ0n) is 11.0. The van der Waals surface area contributed by atoms with E-state index < -0.39 is 0 Å². The number of benzene rings is 1. The lowest BCUT2D eigenvalue weighted by atomic mass is 9.92. The van der Waals surface area contributed by atoms with Gasteiger partial charge in [0.05, 0.1) is 6.10 Å². The van der Waals surface area contributed by atoms with E-state index in [4.69, 9.17) is 16.3 Å². The number of rotatable bonds is 6. The number of halogens is 1. The quantitative estimate of drug-likeness (QED) is 0.854. The SMILES string of the molecule is CNCC(Cc1ccccc1Cl)CC1CCCO1. The summed E-state index contributed by atoms with van der Waals surface area (Å²) in [5, 5.41) is 4.16. The minimum atomic E-state index is 0.450. The predicted molar refractivity (Wildman–Crippen MR) is 76.2 cm³/mol. The van der Waals surface area contributed by atoms with Gasteiger partial charge < -0.3 is 10.1 Å². The number of ether oxygens (including phenoxy) is 1. The summed E-state index contributed by atoms with van der Waals surface area (Å²) in [7, 11) is 2.01. The van der Waals surface area contributed by atoms with Gasteiger partial charge in [0, 0.05) is 11.6 Å². The van der Waals surface area contributed by atoms with Crippen LogP contribution in [0.3, 0.4) is 0 Å². The first-order chi connectivity index (χ1) is 8.79. The van der Waals surface area contributed by atoms with Gasteiger partial charge in [-0.25, -0.2) is 0 Å². The summed E-state index contributed by atoms with van der Waals surface area (Å²) in [4.78, 5) is 0. The fraction of sp³-hybridized carbons (Fsp3) is 0.600. The third-order valence-corrected chi connectivity index (χ3v) is 3.95. The highest BCUT2D eigenvalue weighted by atomic mass is 35.5. The van der Waals surface area contributed by atoms with Crippen LogP contribution in [-0.4, -0.2) is 26.3 Å². The molecule has 1 aliphatic rings. The van der Waals surface area contributed by atoms with Gasteiger partial charge in [-0.05, 0) is 56.8 Å². The molecular formula is C15H22ClNO. The summed E-state index contributed by atoms with van der Waals surface area (Å²) in [5.74, 6) is 0.595. The monoisotopic (exact) mass is 267 g/mol. The Morgan fingerprint density at radius 2 is 2.28 bits per heavy atom. The van der Waals surface area contributed by atoms with Crippen LogP contribution < -0.4 is 5.32 Å². The zero-order valence-corrected chi connectivity index (χ0v) is 11.7. The van der Waals surface area contributed by atoms with E-state index in [9.17, 15) is 0 Å². The summed E-state index contributed by atoms with van der Waals surface area (Å²) < 4.78 is 5.74. The lowest BCUT2D eigenvalue weighted by Gasteiger charge is -2.20. The Labute approximate surface area is 115 Å². The van der Waals surface area contributed by atoms with E-state index in [0.29, 0.717) is 12.0 Å². The molecule has 1 aromatic rings. The van der Waals surface area contributed by atoms with Crippen molar-refractivity contribution in [3.63, 3.8) is 0 Å². The molecule has 2 unspecified atom stereocenters. The van der Waals surface area contributed by atoms with E-state index in [1.54, 1.807) is 0 Å². The second kappa shape index (κ2) is 7.13. The summed E-state index contributed by atoms with van der Waals surface area (Å²) in [6, 6.07) is 8.14. The molecule has 0 bridgehead atoms. The van der Waals surface area contributed by atoms with Crippen LogP contribution >= 0.6 is 11.6 Å². The molecule has 0 radical (unpaired) electrons. The Balaban J connectivity index is 1.94. The van der Waals surface area contributed by atoms with Crippen LogP contribution in [0, 0.1) is 5.92 Å². The molecule has 18 heavy (non-hydrogen) atoms. The first-order valence-corrected chi connectivity index (χ1v) is 7.17. The Hall–Kier alpha value is -0.570. The predicted octanol–water partition coefficient (Wildman–Crippen LogP) is 3.29. The van der Waals surface area contributed by atoms with E-state index in [2.05, 4.69) is 17.4 Å². The molecule has 1 heterocycles. The van der Waals surface area contributed by atoms with Gasteiger partial charge in [0.15, 0.2) is 0 Å². The Morgan fingerprint density at radius 1 is 1.44 bits per heavy atom. The smallest absolute Gasteiger partial charge is 0.0579 e. The Bertz CT molecular complexity index is 363. The van der Waals surface area contributed by atoms with Crippen molar-refractivity contribution in [1.82, 2.24) is 5.32 Å². The first-order valence-electron chi connectivity index (χ1n) is 6.79. The highest BCUT2D eigenvalue weighted by molar-refractivity contribution is 6.31. The molecule has 2 atom stereocenters. The average molecular weight is 268 g/mol. The van der Waals surface area contributed by atoms with E-state index >= 15 is 0 Å². The molecular weight excluding hydrogens is 246 g/mol. The number of hydrogen-bond donors (Lipinski definition) is 1. The molecule has 1 saturated heterocycles. The van der Waals surface area contributed by atoms with Crippen molar-refractivity contribution >= 4 is 11.6 Å². The summed E-state index contributed by atoms with van der Waals surface area (Å²) in [5.41, 5.74) is 1.25. The number of nitrogens with one attached hydrogen (secondary N) is 1. The van der Waals surface area contributed by atoms with Crippen LogP contribution in [0.2, 0.25) is 5.02 Å². The molecule has 1 N–H and O–H groups in total. The fourth-order valence-corrected chi connectivity index (χ4v) is 2.92. The highest BCUT2D eigenvalue weighted by Crippen LogP contribution is 2.25. The lowest BCUT2D eigenvalue weighted by molar-refractivity contribution is 0.0895. The van der Waals surface area contributed by atoms with Crippen LogP contribution in [0.1, 0.15) is 24.8 Å². The standard InChI is InChI=1S/C15H22ClNO/c1-17-11-12(10-14-6-4-8-18-14)9-13-5-2-3-7-15(13)16/h2-3,5,7,12,14,17H,4,6,8-11H2,1H3. The third kappa shape index (κ3) is 3.98. The van der Waals surface area contributed by atoms with Crippen molar-refractivity contribution in [3.05, 3.63) is 34.9 Å². The van der Waals surface area contributed by atoms with Gasteiger partial charge in [-0.1, -0.05) is 29.8 Å². The third-order valence-electron chi connectivity index (χ3n) is 3.58. The maximum absolute atomic E-state index is 6.23. The molecule has 0 aromatic heterocycles. The van der Waals surface area contributed by atoms with E-state index in [1.807, 2.05) is 19.2 Å². The molecule has 3 heteroatoms. The minimum Gasteiger partial charge on any atom is -0.378 e. The van der Waals surface area contributed by atoms with E-state index in [1.165, 1.54) is 18.4 Å². The molecule has 0 saturated carbocycles. The topological polar surface area (TPSA) is 21.3 Å². The molecule has 100 valence electrons. The molecule has 0 spiro atoms. The maximum atomic E-state index is 6.23. The van der Waals surface area contributed by atoms with Crippen molar-refractivity contribution < 1.29 is 4.74 Å². The summed E-state index contributed by atoms with van der Waals surface area (Å²) in [6.07, 6.45) is 5.03. The van der Waals surface area contributed by atoms with Crippen molar-refractivity contribution in [1.29, 1.82) is 0 Å². The van der Waals surface area contributed by atoms with Crippen LogP contribution in [0.5, 0.6) is 0 Å². The van der Waals surface area contributed by atoms with Crippen LogP contribution in [-0.2, 0) is 11.2 Å². The molecule has 1 aliphatic heterocycles. The molecule has 0 aliphatic carbocycles. The second-order valence-corrected chi connectivity index (χ2v) is 5.50. The second-order valence-electron chi connectivity index (χ2n) is 5.09. The van der Waals surface area contributed by atoms with Crippen molar-refractivity contribution in [2.24, 2.45) is 5.92 Å². The van der Waals surface area contributed by atoms with Gasteiger partial charge in [-0.2, -0.15) is 0 Å². The normalized spacial score (nSPS) is 21.1. The maximum Gasteiger partial charge on any atom is 0.0579 e. The fourth-order valence-electron chi connectivity index (χ4n) is 2.70. The summed E-state index contributed by atoms with van der Waals surface area (Å²) >= 11 is 6.23. The Morgan fingerprint density at radius 3 is 2.94 bits per heavy atom. The van der Waals surface area contributed by atoms with Crippen molar-refractivity contribution in [3.8, 4) is 0 Å². The largest absolute Gasteiger partial charge is 0.378 e. The lowest BCUT2D eigenvalue weighted by Crippen LogP contribution is -2.25. The minimum absolute atomic E-state index is 0.450. The van der Waals surface area contributed by atoms with Gasteiger partial charge in [0.25, 0.3) is 0 Å². The van der Waals surface area contributed by atoms with Gasteiger partial charge in [0.2, 0.25) is 0 Å². The van der Waals surface area contributed by atoms with E-state index in [-0.39, 0.29) is 0 Å². The Kier molecular flexibility index (Phi) is 5.48. The van der Waals surface area contributed by atoms with E-state index in [0.717, 1.165) is 31.0 Å². The zero-order chi connectivity index (χ0) is 12.8. The molecule has 1 aromatic carbocycles.